The summed E-state index contributed by atoms with van der Waals surface area (Å²) in [6, 6.07) is 5.50. The van der Waals surface area contributed by atoms with Gasteiger partial charge in [0.15, 0.2) is 5.84 Å². The molecule has 6 nitrogen and oxygen atoms in total. The average Bonchev–Trinajstić information content (AvgIpc) is 2.37. The molecule has 1 aromatic heterocycles. The van der Waals surface area contributed by atoms with Crippen molar-refractivity contribution in [3.8, 4) is 0 Å². The molecule has 0 fully saturated rings. The third-order valence-electron chi connectivity index (χ3n) is 2.43. The number of amides is 1. The Morgan fingerprint density at radius 2 is 2.35 bits per heavy atom. The summed E-state index contributed by atoms with van der Waals surface area (Å²) in [6.45, 7) is 1.98. The van der Waals surface area contributed by atoms with Crippen molar-refractivity contribution in [2.45, 2.75) is 13.5 Å². The van der Waals surface area contributed by atoms with Crippen molar-refractivity contribution >= 4 is 11.7 Å². The first-order chi connectivity index (χ1) is 8.06. The van der Waals surface area contributed by atoms with Crippen molar-refractivity contribution < 1.29 is 10.0 Å². The number of aromatic nitrogens is 1. The maximum absolute atomic E-state index is 11.9. The number of carbonyl (C=O) groups excluding carboxylic acids is 1. The van der Waals surface area contributed by atoms with E-state index in [9.17, 15) is 4.79 Å². The summed E-state index contributed by atoms with van der Waals surface area (Å²) in [4.78, 5) is 17.5. The summed E-state index contributed by atoms with van der Waals surface area (Å²) < 4.78 is 0. The number of nitrogens with two attached hydrogens (primary N) is 1. The largest absolute Gasteiger partial charge is 0.409 e. The van der Waals surface area contributed by atoms with Gasteiger partial charge < -0.3 is 15.8 Å². The van der Waals surface area contributed by atoms with Crippen LogP contribution in [0.5, 0.6) is 0 Å². The molecule has 92 valence electrons. The number of oxime groups is 1. The highest BCUT2D eigenvalue weighted by molar-refractivity contribution is 6.01. The minimum absolute atomic E-state index is 0.0946. The van der Waals surface area contributed by atoms with Crippen LogP contribution in [0.25, 0.3) is 0 Å². The average molecular weight is 236 g/mol. The Morgan fingerprint density at radius 3 is 2.88 bits per heavy atom. The first-order valence-electron chi connectivity index (χ1n) is 5.18. The van der Waals surface area contributed by atoms with Crippen molar-refractivity contribution in [3.63, 3.8) is 0 Å². The Labute approximate surface area is 99.7 Å². The van der Waals surface area contributed by atoms with E-state index in [0.717, 1.165) is 5.69 Å². The molecule has 1 atom stereocenters. The van der Waals surface area contributed by atoms with Crippen LogP contribution in [0.2, 0.25) is 0 Å². The smallest absolute Gasteiger partial charge is 0.233 e. The van der Waals surface area contributed by atoms with Crippen LogP contribution < -0.4 is 5.73 Å². The van der Waals surface area contributed by atoms with Crippen molar-refractivity contribution in [2.24, 2.45) is 16.8 Å². The van der Waals surface area contributed by atoms with Gasteiger partial charge in [0.05, 0.1) is 18.2 Å². The van der Waals surface area contributed by atoms with Gasteiger partial charge >= 0.3 is 0 Å². The zero-order valence-corrected chi connectivity index (χ0v) is 9.87. The van der Waals surface area contributed by atoms with Gasteiger partial charge in [-0.25, -0.2) is 0 Å². The molecular weight excluding hydrogens is 220 g/mol. The number of rotatable bonds is 4. The van der Waals surface area contributed by atoms with Crippen LogP contribution in [-0.2, 0) is 11.3 Å². The summed E-state index contributed by atoms with van der Waals surface area (Å²) in [5.41, 5.74) is 6.17. The summed E-state index contributed by atoms with van der Waals surface area (Å²) in [5, 5.41) is 11.3. The zero-order valence-electron chi connectivity index (χ0n) is 9.87. The van der Waals surface area contributed by atoms with E-state index in [1.165, 1.54) is 4.90 Å². The van der Waals surface area contributed by atoms with Crippen molar-refractivity contribution in [3.05, 3.63) is 30.1 Å². The first kappa shape index (κ1) is 13.0. The van der Waals surface area contributed by atoms with Crippen LogP contribution in [0.15, 0.2) is 29.6 Å². The molecule has 0 radical (unpaired) electrons. The van der Waals surface area contributed by atoms with E-state index < -0.39 is 5.92 Å². The predicted molar refractivity (Wildman–Crippen MR) is 63.3 cm³/mol. The highest BCUT2D eigenvalue weighted by Crippen LogP contribution is 2.05. The number of pyridine rings is 1. The zero-order chi connectivity index (χ0) is 12.8. The number of hydrogen-bond donors (Lipinski definition) is 2. The molecular formula is C11H16N4O2. The monoisotopic (exact) mass is 236 g/mol. The molecule has 0 spiro atoms. The molecule has 1 rings (SSSR count). The minimum Gasteiger partial charge on any atom is -0.409 e. The molecule has 6 heteroatoms. The van der Waals surface area contributed by atoms with Gasteiger partial charge in [-0.05, 0) is 19.1 Å². The van der Waals surface area contributed by atoms with Crippen LogP contribution in [-0.4, -0.2) is 33.9 Å². The van der Waals surface area contributed by atoms with E-state index in [-0.39, 0.29) is 11.7 Å². The predicted octanol–water partition coefficient (Wildman–Crippen LogP) is 0.423. The molecule has 0 saturated carbocycles. The van der Waals surface area contributed by atoms with E-state index in [1.54, 1.807) is 20.2 Å². The Morgan fingerprint density at radius 1 is 1.65 bits per heavy atom. The fourth-order valence-corrected chi connectivity index (χ4v) is 1.36. The number of nitrogens with zero attached hydrogens (tertiary/aromatic N) is 3. The summed E-state index contributed by atoms with van der Waals surface area (Å²) in [6.07, 6.45) is 1.67. The van der Waals surface area contributed by atoms with Crippen molar-refractivity contribution in [1.82, 2.24) is 9.88 Å². The summed E-state index contributed by atoms with van der Waals surface area (Å²) in [5.74, 6) is -0.956. The normalized spacial score (nSPS) is 13.2. The number of amidine groups is 1. The maximum Gasteiger partial charge on any atom is 0.233 e. The third kappa shape index (κ3) is 3.44. The molecule has 1 aromatic rings. The van der Waals surface area contributed by atoms with Gasteiger partial charge in [0.25, 0.3) is 0 Å². The Balaban J connectivity index is 2.65. The molecule has 0 bridgehead atoms. The molecule has 17 heavy (non-hydrogen) atoms. The topological polar surface area (TPSA) is 91.8 Å². The van der Waals surface area contributed by atoms with Crippen molar-refractivity contribution in [2.75, 3.05) is 7.05 Å². The van der Waals surface area contributed by atoms with Gasteiger partial charge in [-0.3, -0.25) is 9.78 Å². The molecule has 0 aliphatic carbocycles. The molecule has 0 aromatic carbocycles. The fourth-order valence-electron chi connectivity index (χ4n) is 1.36. The lowest BCUT2D eigenvalue weighted by atomic mass is 10.1. The van der Waals surface area contributed by atoms with Gasteiger partial charge in [0, 0.05) is 13.2 Å². The lowest BCUT2D eigenvalue weighted by Crippen LogP contribution is -2.38. The third-order valence-corrected chi connectivity index (χ3v) is 2.43. The van der Waals surface area contributed by atoms with E-state index in [4.69, 9.17) is 10.9 Å². The molecule has 0 saturated heterocycles. The molecule has 0 aliphatic heterocycles. The SMILES string of the molecule is CC(C(=O)N(C)Cc1ccccn1)C(N)=NO. The van der Waals surface area contributed by atoms with Crippen LogP contribution >= 0.6 is 0 Å². The number of hydrogen-bond acceptors (Lipinski definition) is 4. The second-order valence-electron chi connectivity index (χ2n) is 3.76. The molecule has 1 unspecified atom stereocenters. The van der Waals surface area contributed by atoms with Gasteiger partial charge in [-0.1, -0.05) is 11.2 Å². The molecule has 1 heterocycles. The first-order valence-corrected chi connectivity index (χ1v) is 5.18. The van der Waals surface area contributed by atoms with E-state index in [0.29, 0.717) is 6.54 Å². The van der Waals surface area contributed by atoms with Gasteiger partial charge in [0.1, 0.15) is 0 Å². The number of carbonyl (C=O) groups is 1. The Hall–Kier alpha value is -2.11. The molecule has 0 aliphatic rings. The summed E-state index contributed by atoms with van der Waals surface area (Å²) >= 11 is 0. The van der Waals surface area contributed by atoms with Gasteiger partial charge in [-0.2, -0.15) is 0 Å². The second-order valence-corrected chi connectivity index (χ2v) is 3.76. The van der Waals surface area contributed by atoms with Gasteiger partial charge in [-0.15, -0.1) is 0 Å². The molecule has 1 amide bonds. The highest BCUT2D eigenvalue weighted by Gasteiger charge is 2.21. The van der Waals surface area contributed by atoms with Crippen LogP contribution in [0.1, 0.15) is 12.6 Å². The molecule has 3 N–H and O–H groups in total. The minimum atomic E-state index is -0.645. The maximum atomic E-state index is 11.9. The summed E-state index contributed by atoms with van der Waals surface area (Å²) in [7, 11) is 1.65. The Bertz CT molecular complexity index is 405. The fraction of sp³-hybridized carbons (Fsp3) is 0.364. The van der Waals surface area contributed by atoms with Crippen LogP contribution in [0, 0.1) is 5.92 Å². The highest BCUT2D eigenvalue weighted by atomic mass is 16.4. The standard InChI is InChI=1S/C11H16N4O2/c1-8(10(12)14-17)11(16)15(2)7-9-5-3-4-6-13-9/h3-6,8,17H,7H2,1-2H3,(H2,12,14). The van der Waals surface area contributed by atoms with E-state index in [2.05, 4.69) is 10.1 Å². The van der Waals surface area contributed by atoms with Crippen molar-refractivity contribution in [1.29, 1.82) is 0 Å². The van der Waals surface area contributed by atoms with E-state index >= 15 is 0 Å². The lowest BCUT2D eigenvalue weighted by molar-refractivity contribution is -0.132. The van der Waals surface area contributed by atoms with Crippen LogP contribution in [0.3, 0.4) is 0 Å². The van der Waals surface area contributed by atoms with E-state index in [1.807, 2.05) is 18.2 Å². The van der Waals surface area contributed by atoms with Gasteiger partial charge in [0.2, 0.25) is 5.91 Å². The lowest BCUT2D eigenvalue weighted by Gasteiger charge is -2.20. The Kier molecular flexibility index (Phi) is 4.45. The second kappa shape index (κ2) is 5.83. The van der Waals surface area contributed by atoms with Crippen LogP contribution in [0.4, 0.5) is 0 Å². The quantitative estimate of drug-likeness (QED) is 0.343.